The number of carbonyl (C=O) groups excluding carboxylic acids is 3. The molecule has 0 spiro atoms. The maximum Gasteiger partial charge on any atom is 0.251 e. The van der Waals surface area contributed by atoms with Crippen molar-refractivity contribution >= 4 is 19.5 Å². The number of allylic oxidation sites excluding steroid dienone is 5. The Morgan fingerprint density at radius 1 is 1.00 bits per heavy atom. The van der Waals surface area contributed by atoms with E-state index in [2.05, 4.69) is 57.2 Å². The molecule has 0 aromatic heterocycles. The van der Waals surface area contributed by atoms with E-state index in [0.717, 1.165) is 24.0 Å². The molecule has 1 amide bonds. The Kier molecular flexibility index (Phi) is 37.7. The number of nitrogens with two attached hydrogens (primary N) is 1. The molecule has 7 nitrogen and oxygen atoms in total. The molecule has 1 rings (SSSR count). The van der Waals surface area contributed by atoms with E-state index in [1.807, 2.05) is 106 Å². The molecule has 242 valence electrons. The Morgan fingerprint density at radius 2 is 1.46 bits per heavy atom. The second-order valence-corrected chi connectivity index (χ2v) is 10.3. The van der Waals surface area contributed by atoms with Gasteiger partial charge in [-0.25, -0.2) is 0 Å². The molecule has 1 saturated carbocycles. The fourth-order valence-corrected chi connectivity index (χ4v) is 3.40. The molecule has 3 N–H and O–H groups in total. The SMILES string of the molecule is C/C=C\C(=C/C)C[C@H](NC(=O)C(=C/C(C)C)/C=C(\C)N(C)C)C(C)N.C=O.C=O.CC.CC.CC1CC1CN(C)C. The van der Waals surface area contributed by atoms with Crippen LogP contribution in [0.5, 0.6) is 0 Å². The van der Waals surface area contributed by atoms with E-state index in [4.69, 9.17) is 15.3 Å². The van der Waals surface area contributed by atoms with E-state index in [-0.39, 0.29) is 23.9 Å². The summed E-state index contributed by atoms with van der Waals surface area (Å²) in [4.78, 5) is 33.1. The van der Waals surface area contributed by atoms with Crippen LogP contribution in [-0.4, -0.2) is 76.1 Å². The summed E-state index contributed by atoms with van der Waals surface area (Å²) < 4.78 is 0. The Morgan fingerprint density at radius 3 is 1.73 bits per heavy atom. The summed E-state index contributed by atoms with van der Waals surface area (Å²) in [6.07, 6.45) is 12.2. The van der Waals surface area contributed by atoms with E-state index in [1.165, 1.54) is 18.5 Å². The second kappa shape index (κ2) is 32.0. The Balaban J connectivity index is -0.000000221. The average Bonchev–Trinajstić information content (AvgIpc) is 3.64. The number of hydrogen-bond acceptors (Lipinski definition) is 6. The van der Waals surface area contributed by atoms with Crippen molar-refractivity contribution in [3.63, 3.8) is 0 Å². The molecule has 7 heteroatoms. The molecule has 0 saturated heterocycles. The standard InChI is InChI=1S/C21H37N3O.C7H15N.2C2H6.2CH2O/c1-9-11-18(10-2)14-20(17(6)22)23-21(25)19(12-15(3)4)13-16(5)24(7)8;1-6-4-7(6)5-8(2)3;4*1-2/h9-13,15,17,20H,14,22H2,1-8H3,(H,23,25);6-7H,4-5H2,1-3H3;2*1-2H3;2*1H2/b11-9-,16-13+,18-10+,19-12+;;;;;/t17?,20-;;;;;/m0...../s1. The van der Waals surface area contributed by atoms with E-state index in [1.54, 1.807) is 0 Å². The van der Waals surface area contributed by atoms with Crippen molar-refractivity contribution in [1.29, 1.82) is 0 Å². The van der Waals surface area contributed by atoms with Gasteiger partial charge in [-0.15, -0.1) is 0 Å². The Hall–Kier alpha value is -2.51. The number of nitrogens with one attached hydrogen (secondary N) is 1. The monoisotopic (exact) mass is 581 g/mol. The summed E-state index contributed by atoms with van der Waals surface area (Å²) in [6.45, 7) is 27.7. The number of carbonyl (C=O) groups is 3. The van der Waals surface area contributed by atoms with E-state index in [0.29, 0.717) is 5.57 Å². The quantitative estimate of drug-likeness (QED) is 0.209. The van der Waals surface area contributed by atoms with Gasteiger partial charge in [0.1, 0.15) is 13.6 Å². The highest BCUT2D eigenvalue weighted by Gasteiger charge is 2.32. The van der Waals surface area contributed by atoms with Crippen LogP contribution >= 0.6 is 0 Å². The van der Waals surface area contributed by atoms with Crippen LogP contribution in [0.2, 0.25) is 0 Å². The molecule has 0 bridgehead atoms. The van der Waals surface area contributed by atoms with Gasteiger partial charge in [-0.3, -0.25) is 4.79 Å². The van der Waals surface area contributed by atoms with E-state index >= 15 is 0 Å². The minimum absolute atomic E-state index is 0.0758. The van der Waals surface area contributed by atoms with Gasteiger partial charge in [-0.1, -0.05) is 78.3 Å². The van der Waals surface area contributed by atoms with Gasteiger partial charge in [-0.2, -0.15) is 0 Å². The molecule has 41 heavy (non-hydrogen) atoms. The van der Waals surface area contributed by atoms with Crippen molar-refractivity contribution in [3.8, 4) is 0 Å². The summed E-state index contributed by atoms with van der Waals surface area (Å²) in [5.74, 6) is 2.24. The zero-order chi connectivity index (χ0) is 33.7. The molecule has 0 aromatic rings. The highest BCUT2D eigenvalue weighted by atomic mass is 16.1. The lowest BCUT2D eigenvalue weighted by Crippen LogP contribution is -2.46. The fourth-order valence-electron chi connectivity index (χ4n) is 3.40. The van der Waals surface area contributed by atoms with Crippen molar-refractivity contribution in [2.45, 2.75) is 101 Å². The third-order valence-electron chi connectivity index (χ3n) is 5.88. The number of nitrogens with zero attached hydrogens (tertiary/aromatic N) is 2. The van der Waals surface area contributed by atoms with Gasteiger partial charge in [-0.05, 0) is 78.5 Å². The molecular weight excluding hydrogens is 512 g/mol. The Bertz CT molecular complexity index is 736. The molecule has 1 aliphatic rings. The first-order valence-corrected chi connectivity index (χ1v) is 15.0. The molecule has 0 heterocycles. The zero-order valence-corrected chi connectivity index (χ0v) is 29.5. The molecular formula is C34H68N4O3. The van der Waals surface area contributed by atoms with E-state index < -0.39 is 0 Å². The first kappa shape index (κ1) is 48.2. The van der Waals surface area contributed by atoms with Crippen LogP contribution in [-0.2, 0) is 14.4 Å². The third-order valence-corrected chi connectivity index (χ3v) is 5.88. The maximum absolute atomic E-state index is 12.8. The molecule has 4 atom stereocenters. The van der Waals surface area contributed by atoms with Crippen LogP contribution in [0.4, 0.5) is 0 Å². The summed E-state index contributed by atoms with van der Waals surface area (Å²) in [6, 6.07) is -0.248. The molecule has 1 aliphatic carbocycles. The third kappa shape index (κ3) is 28.8. The maximum atomic E-state index is 12.8. The lowest BCUT2D eigenvalue weighted by molar-refractivity contribution is -0.118. The van der Waals surface area contributed by atoms with Gasteiger partial charge >= 0.3 is 0 Å². The van der Waals surface area contributed by atoms with Crippen LogP contribution in [0.25, 0.3) is 0 Å². The Labute approximate surface area is 255 Å². The fraction of sp³-hybridized carbons (Fsp3) is 0.676. The lowest BCUT2D eigenvalue weighted by Gasteiger charge is -2.24. The largest absolute Gasteiger partial charge is 0.381 e. The van der Waals surface area contributed by atoms with Gasteiger partial charge in [0.05, 0.1) is 0 Å². The average molecular weight is 581 g/mol. The zero-order valence-electron chi connectivity index (χ0n) is 29.5. The number of hydrogen-bond donors (Lipinski definition) is 2. The second-order valence-electron chi connectivity index (χ2n) is 10.3. The van der Waals surface area contributed by atoms with Crippen molar-refractivity contribution in [2.24, 2.45) is 23.5 Å². The minimum Gasteiger partial charge on any atom is -0.381 e. The van der Waals surface area contributed by atoms with Gasteiger partial charge in [0.25, 0.3) is 5.91 Å². The smallest absolute Gasteiger partial charge is 0.251 e. The van der Waals surface area contributed by atoms with Crippen molar-refractivity contribution in [1.82, 2.24) is 15.1 Å². The van der Waals surface area contributed by atoms with Gasteiger partial charge in [0, 0.05) is 44.0 Å². The molecule has 0 aliphatic heterocycles. The van der Waals surface area contributed by atoms with Crippen molar-refractivity contribution in [2.75, 3.05) is 34.7 Å². The molecule has 0 radical (unpaired) electrons. The molecule has 3 unspecified atom stereocenters. The normalized spacial score (nSPS) is 17.5. The molecule has 1 fully saturated rings. The summed E-state index contributed by atoms with van der Waals surface area (Å²) in [7, 11) is 8.23. The highest BCUT2D eigenvalue weighted by molar-refractivity contribution is 5.96. The van der Waals surface area contributed by atoms with Crippen LogP contribution in [0, 0.1) is 17.8 Å². The van der Waals surface area contributed by atoms with Crippen molar-refractivity contribution < 1.29 is 14.4 Å². The number of rotatable bonds is 11. The highest BCUT2D eigenvalue weighted by Crippen LogP contribution is 2.37. The van der Waals surface area contributed by atoms with Crippen LogP contribution in [0.15, 0.2) is 47.2 Å². The predicted molar refractivity (Wildman–Crippen MR) is 182 cm³/mol. The van der Waals surface area contributed by atoms with Crippen molar-refractivity contribution in [3.05, 3.63) is 47.2 Å². The first-order chi connectivity index (χ1) is 19.3. The topological polar surface area (TPSA) is 95.7 Å². The number of amides is 1. The lowest BCUT2D eigenvalue weighted by atomic mass is 9.99. The predicted octanol–water partition coefficient (Wildman–Crippen LogP) is 6.67. The first-order valence-electron chi connectivity index (χ1n) is 15.0. The summed E-state index contributed by atoms with van der Waals surface area (Å²) in [5.41, 5.74) is 9.00. The van der Waals surface area contributed by atoms with Crippen LogP contribution < -0.4 is 11.1 Å². The summed E-state index contributed by atoms with van der Waals surface area (Å²) >= 11 is 0. The van der Waals surface area contributed by atoms with Gasteiger partial charge in [0.15, 0.2) is 0 Å². The molecule has 0 aromatic carbocycles. The van der Waals surface area contributed by atoms with Crippen LogP contribution in [0.3, 0.4) is 0 Å². The van der Waals surface area contributed by atoms with Gasteiger partial charge in [0.2, 0.25) is 0 Å². The van der Waals surface area contributed by atoms with Gasteiger partial charge < -0.3 is 30.4 Å². The van der Waals surface area contributed by atoms with Crippen LogP contribution in [0.1, 0.15) is 89.0 Å². The summed E-state index contributed by atoms with van der Waals surface area (Å²) in [5, 5.41) is 3.12. The minimum atomic E-state index is -0.136. The van der Waals surface area contributed by atoms with E-state index in [9.17, 15) is 4.79 Å².